The molecule has 1 fully saturated rings. The molecule has 1 aliphatic heterocycles. The Kier molecular flexibility index (Phi) is 5.73. The molecule has 0 unspecified atom stereocenters. The average molecular weight is 427 g/mol. The SMILES string of the molecule is NC(=O)/C(N)=C/c1cnn2c(NC3CCNCC3)cc(Nc3cccc(Cl)c3)nc12. The highest BCUT2D eigenvalue weighted by atomic mass is 35.5. The molecule has 0 bridgehead atoms. The molecule has 0 atom stereocenters. The average Bonchev–Trinajstić information content (AvgIpc) is 3.11. The van der Waals surface area contributed by atoms with Gasteiger partial charge in [0.05, 0.1) is 11.9 Å². The molecule has 9 nitrogen and oxygen atoms in total. The molecule has 2 aromatic heterocycles. The molecule has 30 heavy (non-hydrogen) atoms. The molecule has 0 saturated carbocycles. The third kappa shape index (κ3) is 4.47. The van der Waals surface area contributed by atoms with Crippen molar-refractivity contribution in [1.82, 2.24) is 19.9 Å². The third-order valence-corrected chi connectivity index (χ3v) is 5.12. The zero-order chi connectivity index (χ0) is 21.1. The molecule has 7 N–H and O–H groups in total. The van der Waals surface area contributed by atoms with Crippen LogP contribution in [-0.4, -0.2) is 39.6 Å². The number of amides is 1. The molecule has 1 aliphatic rings. The van der Waals surface area contributed by atoms with Crippen LogP contribution in [0.25, 0.3) is 11.7 Å². The zero-order valence-corrected chi connectivity index (χ0v) is 17.0. The Morgan fingerprint density at radius 1 is 1.27 bits per heavy atom. The van der Waals surface area contributed by atoms with Crippen LogP contribution in [-0.2, 0) is 4.79 Å². The number of nitrogens with one attached hydrogen (secondary N) is 3. The highest BCUT2D eigenvalue weighted by Crippen LogP contribution is 2.25. The van der Waals surface area contributed by atoms with Crippen LogP contribution in [0.4, 0.5) is 17.3 Å². The normalized spacial score (nSPS) is 15.3. The molecule has 4 rings (SSSR count). The summed E-state index contributed by atoms with van der Waals surface area (Å²) < 4.78 is 1.70. The van der Waals surface area contributed by atoms with Gasteiger partial charge in [0.1, 0.15) is 11.6 Å². The van der Waals surface area contributed by atoms with Gasteiger partial charge in [-0.25, -0.2) is 4.98 Å². The molecular formula is C20H23ClN8O. The lowest BCUT2D eigenvalue weighted by Gasteiger charge is -2.25. The van der Waals surface area contributed by atoms with Crippen LogP contribution < -0.4 is 27.4 Å². The maximum Gasteiger partial charge on any atom is 0.264 e. The Morgan fingerprint density at radius 3 is 2.80 bits per heavy atom. The van der Waals surface area contributed by atoms with Crippen molar-refractivity contribution in [2.75, 3.05) is 23.7 Å². The number of piperidine rings is 1. The van der Waals surface area contributed by atoms with E-state index < -0.39 is 5.91 Å². The Bertz CT molecular complexity index is 1100. The predicted molar refractivity (Wildman–Crippen MR) is 119 cm³/mol. The summed E-state index contributed by atoms with van der Waals surface area (Å²) in [7, 11) is 0. The van der Waals surface area contributed by atoms with E-state index in [1.54, 1.807) is 16.8 Å². The van der Waals surface area contributed by atoms with Gasteiger partial charge in [0, 0.05) is 28.4 Å². The van der Waals surface area contributed by atoms with Crippen LogP contribution in [0.3, 0.4) is 0 Å². The second kappa shape index (κ2) is 8.60. The first-order valence-corrected chi connectivity index (χ1v) is 10.0. The fourth-order valence-electron chi connectivity index (χ4n) is 3.38. The van der Waals surface area contributed by atoms with Gasteiger partial charge in [-0.2, -0.15) is 9.61 Å². The first-order chi connectivity index (χ1) is 14.5. The van der Waals surface area contributed by atoms with Crippen LogP contribution in [0.1, 0.15) is 18.4 Å². The van der Waals surface area contributed by atoms with Gasteiger partial charge in [0.2, 0.25) is 0 Å². The fraction of sp³-hybridized carbons (Fsp3) is 0.250. The molecule has 3 heterocycles. The Balaban J connectivity index is 1.76. The number of anilines is 3. The van der Waals surface area contributed by atoms with E-state index in [-0.39, 0.29) is 5.70 Å². The monoisotopic (exact) mass is 426 g/mol. The predicted octanol–water partition coefficient (Wildman–Crippen LogP) is 2.08. The first kappa shape index (κ1) is 20.0. The lowest BCUT2D eigenvalue weighted by atomic mass is 10.1. The number of primary amides is 1. The van der Waals surface area contributed by atoms with E-state index in [0.29, 0.717) is 28.1 Å². The number of halogens is 1. The number of aromatic nitrogens is 3. The summed E-state index contributed by atoms with van der Waals surface area (Å²) in [5.41, 5.74) is 12.9. The molecule has 1 amide bonds. The van der Waals surface area contributed by atoms with Crippen molar-refractivity contribution in [3.8, 4) is 0 Å². The molecule has 0 radical (unpaired) electrons. The van der Waals surface area contributed by atoms with Crippen LogP contribution in [0.5, 0.6) is 0 Å². The number of carbonyl (C=O) groups excluding carboxylic acids is 1. The topological polar surface area (TPSA) is 135 Å². The van der Waals surface area contributed by atoms with Crippen molar-refractivity contribution in [2.45, 2.75) is 18.9 Å². The summed E-state index contributed by atoms with van der Waals surface area (Å²) in [5.74, 6) is 0.693. The minimum absolute atomic E-state index is 0.0623. The van der Waals surface area contributed by atoms with E-state index in [9.17, 15) is 4.79 Å². The van der Waals surface area contributed by atoms with Gasteiger partial charge in [-0.1, -0.05) is 17.7 Å². The van der Waals surface area contributed by atoms with Gasteiger partial charge < -0.3 is 27.4 Å². The highest BCUT2D eigenvalue weighted by molar-refractivity contribution is 6.30. The molecule has 0 aliphatic carbocycles. The van der Waals surface area contributed by atoms with Crippen LogP contribution in [0.15, 0.2) is 42.2 Å². The minimum Gasteiger partial charge on any atom is -0.394 e. The lowest BCUT2D eigenvalue weighted by Crippen LogP contribution is -2.35. The van der Waals surface area contributed by atoms with Gasteiger partial charge in [-0.15, -0.1) is 0 Å². The summed E-state index contributed by atoms with van der Waals surface area (Å²) >= 11 is 6.10. The number of benzene rings is 1. The largest absolute Gasteiger partial charge is 0.394 e. The van der Waals surface area contributed by atoms with Crippen LogP contribution in [0, 0.1) is 0 Å². The van der Waals surface area contributed by atoms with Gasteiger partial charge in [0.25, 0.3) is 5.91 Å². The Morgan fingerprint density at radius 2 is 2.07 bits per heavy atom. The molecule has 10 heteroatoms. The van der Waals surface area contributed by atoms with E-state index in [2.05, 4.69) is 26.0 Å². The standard InChI is InChI=1S/C20H23ClN8O/c21-13-2-1-3-15(9-13)26-17-10-18(27-14-4-6-24-7-5-14)29-20(28-17)12(11-25-29)8-16(22)19(23)30/h1-3,8-11,14,24,27H,4-7,22H2,(H2,23,30)(H,26,28)/b16-8-. The van der Waals surface area contributed by atoms with E-state index in [1.165, 1.54) is 6.08 Å². The highest BCUT2D eigenvalue weighted by Gasteiger charge is 2.17. The molecule has 0 spiro atoms. The van der Waals surface area contributed by atoms with Gasteiger partial charge in [-0.05, 0) is 50.2 Å². The van der Waals surface area contributed by atoms with Crippen molar-refractivity contribution in [1.29, 1.82) is 0 Å². The number of carbonyl (C=O) groups is 1. The van der Waals surface area contributed by atoms with E-state index in [0.717, 1.165) is 37.4 Å². The van der Waals surface area contributed by atoms with Crippen molar-refractivity contribution < 1.29 is 4.79 Å². The van der Waals surface area contributed by atoms with Crippen molar-refractivity contribution in [3.05, 3.63) is 52.8 Å². The second-order valence-corrected chi connectivity index (χ2v) is 7.57. The number of rotatable bonds is 6. The second-order valence-electron chi connectivity index (χ2n) is 7.13. The molecule has 1 aromatic carbocycles. The first-order valence-electron chi connectivity index (χ1n) is 9.65. The van der Waals surface area contributed by atoms with Gasteiger partial charge in [-0.3, -0.25) is 4.79 Å². The number of nitrogens with two attached hydrogens (primary N) is 2. The number of hydrogen-bond donors (Lipinski definition) is 5. The molecule has 3 aromatic rings. The van der Waals surface area contributed by atoms with Crippen molar-refractivity contribution in [2.24, 2.45) is 11.5 Å². The quantitative estimate of drug-likeness (QED) is 0.381. The van der Waals surface area contributed by atoms with Crippen LogP contribution in [0.2, 0.25) is 5.02 Å². The van der Waals surface area contributed by atoms with Crippen molar-refractivity contribution >= 4 is 46.6 Å². The summed E-state index contributed by atoms with van der Waals surface area (Å²) in [4.78, 5) is 16.0. The Labute approximate surface area is 178 Å². The lowest BCUT2D eigenvalue weighted by molar-refractivity contribution is -0.114. The third-order valence-electron chi connectivity index (χ3n) is 4.88. The molecule has 1 saturated heterocycles. The van der Waals surface area contributed by atoms with E-state index in [4.69, 9.17) is 23.1 Å². The maximum absolute atomic E-state index is 11.4. The summed E-state index contributed by atoms with van der Waals surface area (Å²) in [5, 5.41) is 15.3. The minimum atomic E-state index is -0.699. The number of hydrogen-bond acceptors (Lipinski definition) is 7. The zero-order valence-electron chi connectivity index (χ0n) is 16.2. The van der Waals surface area contributed by atoms with Gasteiger partial charge >= 0.3 is 0 Å². The van der Waals surface area contributed by atoms with E-state index >= 15 is 0 Å². The summed E-state index contributed by atoms with van der Waals surface area (Å²) in [6.45, 7) is 1.92. The van der Waals surface area contributed by atoms with Gasteiger partial charge in [0.15, 0.2) is 5.65 Å². The number of nitrogens with zero attached hydrogens (tertiary/aromatic N) is 3. The molecule has 156 valence electrons. The van der Waals surface area contributed by atoms with E-state index in [1.807, 2.05) is 24.3 Å². The fourth-order valence-corrected chi connectivity index (χ4v) is 3.57. The Hall–Kier alpha value is -3.30. The summed E-state index contributed by atoms with van der Waals surface area (Å²) in [6.07, 6.45) is 5.09. The smallest absolute Gasteiger partial charge is 0.264 e. The molecular weight excluding hydrogens is 404 g/mol. The van der Waals surface area contributed by atoms with Crippen LogP contribution >= 0.6 is 11.6 Å². The number of fused-ring (bicyclic) bond motifs is 1. The van der Waals surface area contributed by atoms with Crippen molar-refractivity contribution in [3.63, 3.8) is 0 Å². The maximum atomic E-state index is 11.4. The summed E-state index contributed by atoms with van der Waals surface area (Å²) in [6, 6.07) is 9.59.